The topological polar surface area (TPSA) is 132 Å². The van der Waals surface area contributed by atoms with Crippen molar-refractivity contribution in [2.45, 2.75) is 11.3 Å². The van der Waals surface area contributed by atoms with Crippen molar-refractivity contribution in [2.24, 2.45) is 4.99 Å². The van der Waals surface area contributed by atoms with Crippen LogP contribution in [0.15, 0.2) is 23.2 Å². The first-order valence-corrected chi connectivity index (χ1v) is 11.0. The van der Waals surface area contributed by atoms with E-state index in [9.17, 15) is 18.0 Å². The van der Waals surface area contributed by atoms with E-state index >= 15 is 0 Å². The molecule has 3 heterocycles. The summed E-state index contributed by atoms with van der Waals surface area (Å²) in [6, 6.07) is 4.83. The van der Waals surface area contributed by atoms with Crippen LogP contribution in [0.2, 0.25) is 0 Å². The molecule has 1 amide bonds. The van der Waals surface area contributed by atoms with Gasteiger partial charge in [-0.15, -0.1) is 0 Å². The second-order valence-corrected chi connectivity index (χ2v) is 9.74. The van der Waals surface area contributed by atoms with Crippen molar-refractivity contribution in [2.75, 3.05) is 36.4 Å². The summed E-state index contributed by atoms with van der Waals surface area (Å²) in [6.07, 6.45) is 0. The summed E-state index contributed by atoms with van der Waals surface area (Å²) in [5.41, 5.74) is 0.638. The lowest BCUT2D eigenvalue weighted by Crippen LogP contribution is -2.37. The van der Waals surface area contributed by atoms with E-state index in [1.165, 1.54) is 11.8 Å². The Morgan fingerprint density at radius 2 is 2.04 bits per heavy atom. The number of nitrogens with zero attached hydrogens (tertiary/aromatic N) is 2. The Bertz CT molecular complexity index is 961. The molecule has 0 spiro atoms. The largest absolute Gasteiger partial charge is 0.480 e. The summed E-state index contributed by atoms with van der Waals surface area (Å²) >= 11 is 1.22. The van der Waals surface area contributed by atoms with Gasteiger partial charge in [-0.25, -0.2) is 13.2 Å². The lowest BCUT2D eigenvalue weighted by atomic mass is 10.2. The molecule has 4 rings (SSSR count). The Balaban J connectivity index is 1.61. The standard InChI is InChI=1S/C16H16N2O8S2/c19-14(4-24-5-15(20)21)17-16-18(10-6-28(22,23)7-13(10)27-16)9-1-2-11-12(3-9)26-8-25-11/h1-3,10,13H,4-8H2,(H,20,21)/t10-,13-/m0/s1. The number of rotatable bonds is 5. The number of carbonyl (C=O) groups is 2. The third-order valence-electron chi connectivity index (χ3n) is 4.37. The van der Waals surface area contributed by atoms with E-state index in [0.717, 1.165) is 0 Å². The average molecular weight is 428 g/mol. The minimum absolute atomic E-state index is 0.00606. The van der Waals surface area contributed by atoms with Crippen molar-refractivity contribution in [3.8, 4) is 11.5 Å². The van der Waals surface area contributed by atoms with Crippen LogP contribution in [0, 0.1) is 0 Å². The Labute approximate surface area is 164 Å². The number of hydrogen-bond donors (Lipinski definition) is 1. The monoisotopic (exact) mass is 428 g/mol. The maximum absolute atomic E-state index is 12.1. The zero-order chi connectivity index (χ0) is 19.9. The molecule has 1 aromatic carbocycles. The fourth-order valence-electron chi connectivity index (χ4n) is 3.27. The quantitative estimate of drug-likeness (QED) is 0.689. The van der Waals surface area contributed by atoms with E-state index in [1.807, 2.05) is 0 Å². The number of carboxylic acids is 1. The molecule has 0 aromatic heterocycles. The number of fused-ring (bicyclic) bond motifs is 2. The van der Waals surface area contributed by atoms with E-state index in [-0.39, 0.29) is 29.6 Å². The normalized spacial score (nSPS) is 25.9. The average Bonchev–Trinajstić information content (AvgIpc) is 3.25. The van der Waals surface area contributed by atoms with Crippen molar-refractivity contribution in [3.63, 3.8) is 0 Å². The highest BCUT2D eigenvalue weighted by molar-refractivity contribution is 8.16. The molecule has 10 nitrogen and oxygen atoms in total. The maximum Gasteiger partial charge on any atom is 0.329 e. The summed E-state index contributed by atoms with van der Waals surface area (Å²) in [7, 11) is -3.18. The molecule has 0 aliphatic carbocycles. The van der Waals surface area contributed by atoms with E-state index in [2.05, 4.69) is 4.99 Å². The molecule has 1 N–H and O–H groups in total. The van der Waals surface area contributed by atoms with Crippen LogP contribution in [-0.2, 0) is 24.2 Å². The van der Waals surface area contributed by atoms with Crippen molar-refractivity contribution in [3.05, 3.63) is 18.2 Å². The van der Waals surface area contributed by atoms with Gasteiger partial charge < -0.3 is 24.2 Å². The van der Waals surface area contributed by atoms with Gasteiger partial charge in [0.05, 0.1) is 17.5 Å². The van der Waals surface area contributed by atoms with Gasteiger partial charge in [0.25, 0.3) is 5.91 Å². The number of sulfone groups is 1. The van der Waals surface area contributed by atoms with Crippen LogP contribution in [0.1, 0.15) is 0 Å². The third-order valence-corrected chi connectivity index (χ3v) is 7.58. The predicted octanol–water partition coefficient (Wildman–Crippen LogP) is 0.118. The first kappa shape index (κ1) is 19.0. The van der Waals surface area contributed by atoms with Crippen LogP contribution in [-0.4, -0.2) is 73.4 Å². The Hall–Kier alpha value is -2.31. The molecule has 0 saturated carbocycles. The summed E-state index contributed by atoms with van der Waals surface area (Å²) in [5, 5.41) is 8.68. The molecular formula is C16H16N2O8S2. The van der Waals surface area contributed by atoms with Gasteiger partial charge in [0.15, 0.2) is 26.5 Å². The van der Waals surface area contributed by atoms with Crippen molar-refractivity contribution >= 4 is 44.3 Å². The van der Waals surface area contributed by atoms with Crippen LogP contribution in [0.5, 0.6) is 11.5 Å². The number of amidine groups is 1. The second-order valence-electron chi connectivity index (χ2n) is 6.38. The molecule has 28 heavy (non-hydrogen) atoms. The van der Waals surface area contributed by atoms with Crippen LogP contribution in [0.4, 0.5) is 5.69 Å². The number of thioether (sulfide) groups is 1. The highest BCUT2D eigenvalue weighted by Gasteiger charge is 2.49. The summed E-state index contributed by atoms with van der Waals surface area (Å²) < 4.78 is 39.6. The fraction of sp³-hybridized carbons (Fsp3) is 0.438. The van der Waals surface area contributed by atoms with Gasteiger partial charge in [0, 0.05) is 17.0 Å². The number of carbonyl (C=O) groups excluding carboxylic acids is 1. The Morgan fingerprint density at radius 1 is 1.25 bits per heavy atom. The van der Waals surface area contributed by atoms with Gasteiger partial charge in [-0.05, 0) is 12.1 Å². The lowest BCUT2D eigenvalue weighted by Gasteiger charge is -2.24. The van der Waals surface area contributed by atoms with Gasteiger partial charge >= 0.3 is 5.97 Å². The van der Waals surface area contributed by atoms with E-state index in [4.69, 9.17) is 19.3 Å². The highest BCUT2D eigenvalue weighted by atomic mass is 32.2. The van der Waals surface area contributed by atoms with Gasteiger partial charge in [-0.3, -0.25) is 4.79 Å². The van der Waals surface area contributed by atoms with E-state index in [1.54, 1.807) is 23.1 Å². The third kappa shape index (κ3) is 3.80. The fourth-order valence-corrected chi connectivity index (χ4v) is 7.20. The van der Waals surface area contributed by atoms with Gasteiger partial charge in [-0.2, -0.15) is 4.99 Å². The van der Waals surface area contributed by atoms with Gasteiger partial charge in [0.1, 0.15) is 13.2 Å². The molecule has 0 unspecified atom stereocenters. The van der Waals surface area contributed by atoms with Crippen LogP contribution < -0.4 is 14.4 Å². The first-order chi connectivity index (χ1) is 13.3. The minimum Gasteiger partial charge on any atom is -0.480 e. The molecule has 1 aromatic rings. The molecule has 12 heteroatoms. The van der Waals surface area contributed by atoms with Crippen LogP contribution >= 0.6 is 11.8 Å². The van der Waals surface area contributed by atoms with Crippen molar-refractivity contribution in [1.29, 1.82) is 0 Å². The number of ether oxygens (including phenoxy) is 3. The zero-order valence-corrected chi connectivity index (χ0v) is 16.1. The summed E-state index contributed by atoms with van der Waals surface area (Å²) in [5.74, 6) is -0.742. The molecular weight excluding hydrogens is 412 g/mol. The zero-order valence-electron chi connectivity index (χ0n) is 14.4. The summed E-state index contributed by atoms with van der Waals surface area (Å²) in [6.45, 7) is -0.966. The molecule has 150 valence electrons. The minimum atomic E-state index is -3.18. The SMILES string of the molecule is O=C(O)COCC(=O)N=C1S[C@H]2CS(=O)(=O)C[C@@H]2N1c1ccc2c(c1)OCO2. The predicted molar refractivity (Wildman–Crippen MR) is 99.8 cm³/mol. The molecule has 2 atom stereocenters. The Morgan fingerprint density at radius 3 is 2.82 bits per heavy atom. The first-order valence-electron chi connectivity index (χ1n) is 8.29. The second kappa shape index (κ2) is 7.26. The number of amides is 1. The smallest absolute Gasteiger partial charge is 0.329 e. The molecule has 2 saturated heterocycles. The van der Waals surface area contributed by atoms with Gasteiger partial charge in [-0.1, -0.05) is 11.8 Å². The number of carboxylic acid groups (broad SMARTS) is 1. The Kier molecular flexibility index (Phi) is 4.93. The van der Waals surface area contributed by atoms with E-state index in [0.29, 0.717) is 22.4 Å². The molecule has 0 bridgehead atoms. The number of benzene rings is 1. The van der Waals surface area contributed by atoms with Crippen molar-refractivity contribution < 1.29 is 37.3 Å². The number of hydrogen-bond acceptors (Lipinski definition) is 8. The van der Waals surface area contributed by atoms with Crippen LogP contribution in [0.3, 0.4) is 0 Å². The number of aliphatic carboxylic acids is 1. The van der Waals surface area contributed by atoms with Crippen molar-refractivity contribution in [1.82, 2.24) is 0 Å². The molecule has 3 aliphatic heterocycles. The van der Waals surface area contributed by atoms with Crippen LogP contribution in [0.25, 0.3) is 0 Å². The van der Waals surface area contributed by atoms with Gasteiger partial charge in [0.2, 0.25) is 6.79 Å². The number of aliphatic imine (C=N–C) groups is 1. The van der Waals surface area contributed by atoms with E-state index < -0.39 is 34.9 Å². The highest BCUT2D eigenvalue weighted by Crippen LogP contribution is 2.43. The lowest BCUT2D eigenvalue weighted by molar-refractivity contribution is -0.143. The molecule has 2 fully saturated rings. The number of anilines is 1. The molecule has 3 aliphatic rings. The maximum atomic E-state index is 12.1. The summed E-state index contributed by atoms with van der Waals surface area (Å²) in [4.78, 5) is 28.3. The molecule has 0 radical (unpaired) electrons.